The molecule has 1 saturated heterocycles. The minimum absolute atomic E-state index is 0.00224. The van der Waals surface area contributed by atoms with Gasteiger partial charge in [-0.05, 0) is 24.8 Å². The van der Waals surface area contributed by atoms with E-state index in [-0.39, 0.29) is 17.2 Å². The van der Waals surface area contributed by atoms with E-state index in [2.05, 4.69) is 5.32 Å². The van der Waals surface area contributed by atoms with E-state index in [0.717, 1.165) is 32.4 Å². The number of nitrogens with zero attached hydrogens (tertiary/aromatic N) is 1. The molecule has 21 heavy (non-hydrogen) atoms. The molecule has 1 N–H and O–H groups in total. The summed E-state index contributed by atoms with van der Waals surface area (Å²) >= 11 is 1.27. The fraction of sp³-hybridized carbons (Fsp3) is 0.500. The van der Waals surface area contributed by atoms with Gasteiger partial charge in [0, 0.05) is 31.8 Å². The van der Waals surface area contributed by atoms with Crippen LogP contribution in [0.15, 0.2) is 30.3 Å². The molecule has 1 unspecified atom stereocenters. The number of rotatable bonds is 5. The second-order valence-corrected chi connectivity index (χ2v) is 6.53. The molecule has 1 heterocycles. The lowest BCUT2D eigenvalue weighted by Crippen LogP contribution is -2.45. The van der Waals surface area contributed by atoms with Crippen molar-refractivity contribution in [2.45, 2.75) is 32.2 Å². The maximum atomic E-state index is 12.2. The van der Waals surface area contributed by atoms with Crippen molar-refractivity contribution < 1.29 is 9.59 Å². The Bertz CT molecular complexity index is 472. The monoisotopic (exact) mass is 306 g/mol. The zero-order chi connectivity index (χ0) is 15.1. The van der Waals surface area contributed by atoms with Crippen LogP contribution in [0.25, 0.3) is 0 Å². The van der Waals surface area contributed by atoms with Crippen LogP contribution < -0.4 is 5.32 Å². The lowest BCUT2D eigenvalue weighted by atomic mass is 10.1. The minimum atomic E-state index is -0.0191. The summed E-state index contributed by atoms with van der Waals surface area (Å²) in [4.78, 5) is 25.3. The van der Waals surface area contributed by atoms with Gasteiger partial charge in [0.1, 0.15) is 0 Å². The molecule has 1 aliphatic heterocycles. The molecular weight excluding hydrogens is 284 g/mol. The first kappa shape index (κ1) is 15.9. The van der Waals surface area contributed by atoms with Crippen molar-refractivity contribution in [3.63, 3.8) is 0 Å². The van der Waals surface area contributed by atoms with Crippen LogP contribution in [-0.2, 0) is 11.2 Å². The smallest absolute Gasteiger partial charge is 0.317 e. The van der Waals surface area contributed by atoms with Crippen LogP contribution >= 0.6 is 11.8 Å². The molecule has 5 heteroatoms. The number of nitrogens with one attached hydrogen (secondary N) is 1. The number of likely N-dealkylation sites (tertiary alicyclic amines) is 1. The van der Waals surface area contributed by atoms with Crippen molar-refractivity contribution in [2.24, 2.45) is 0 Å². The Hall–Kier alpha value is -1.49. The molecule has 2 amide bonds. The molecular formula is C16H22N2O2S. The van der Waals surface area contributed by atoms with E-state index in [0.29, 0.717) is 5.75 Å². The lowest BCUT2D eigenvalue weighted by molar-refractivity contribution is -0.109. The van der Waals surface area contributed by atoms with Crippen LogP contribution in [0, 0.1) is 0 Å². The number of carbonyl (C=O) groups is 2. The second-order valence-electron chi connectivity index (χ2n) is 5.33. The van der Waals surface area contributed by atoms with E-state index < -0.39 is 0 Å². The topological polar surface area (TPSA) is 49.4 Å². The normalized spacial score (nSPS) is 15.8. The van der Waals surface area contributed by atoms with Crippen molar-refractivity contribution in [3.8, 4) is 0 Å². The number of benzene rings is 1. The summed E-state index contributed by atoms with van der Waals surface area (Å²) < 4.78 is 0. The SMILES string of the molecule is CC(=O)SCC(Cc1ccccc1)NC(=O)N1CCCC1. The Morgan fingerprint density at radius 2 is 1.90 bits per heavy atom. The standard InChI is InChI=1S/C16H22N2O2S/c1-13(19)21-12-15(11-14-7-3-2-4-8-14)17-16(20)18-9-5-6-10-18/h2-4,7-8,15H,5-6,9-12H2,1H3,(H,17,20). The van der Waals surface area contributed by atoms with Crippen molar-refractivity contribution in [2.75, 3.05) is 18.8 Å². The van der Waals surface area contributed by atoms with E-state index in [9.17, 15) is 9.59 Å². The van der Waals surface area contributed by atoms with Gasteiger partial charge in [0.25, 0.3) is 0 Å². The highest BCUT2D eigenvalue weighted by molar-refractivity contribution is 8.13. The Labute approximate surface area is 130 Å². The first-order valence-corrected chi connectivity index (χ1v) is 8.36. The average Bonchev–Trinajstić information content (AvgIpc) is 3.00. The van der Waals surface area contributed by atoms with E-state index >= 15 is 0 Å². The highest BCUT2D eigenvalue weighted by atomic mass is 32.2. The summed E-state index contributed by atoms with van der Waals surface area (Å²) in [7, 11) is 0. The maximum absolute atomic E-state index is 12.2. The molecule has 4 nitrogen and oxygen atoms in total. The van der Waals surface area contributed by atoms with Crippen LogP contribution in [0.3, 0.4) is 0 Å². The first-order valence-electron chi connectivity index (χ1n) is 7.38. The molecule has 0 aromatic heterocycles. The van der Waals surface area contributed by atoms with Gasteiger partial charge in [-0.1, -0.05) is 42.1 Å². The summed E-state index contributed by atoms with van der Waals surface area (Å²) in [6.07, 6.45) is 2.92. The third-order valence-electron chi connectivity index (χ3n) is 3.53. The number of hydrogen-bond donors (Lipinski definition) is 1. The van der Waals surface area contributed by atoms with Gasteiger partial charge in [-0.25, -0.2) is 4.79 Å². The maximum Gasteiger partial charge on any atom is 0.317 e. The minimum Gasteiger partial charge on any atom is -0.334 e. The number of urea groups is 1. The lowest BCUT2D eigenvalue weighted by Gasteiger charge is -2.23. The van der Waals surface area contributed by atoms with E-state index in [4.69, 9.17) is 0 Å². The van der Waals surface area contributed by atoms with Gasteiger partial charge < -0.3 is 10.2 Å². The molecule has 1 aromatic carbocycles. The Morgan fingerprint density at radius 1 is 1.24 bits per heavy atom. The number of carbonyl (C=O) groups excluding carboxylic acids is 2. The van der Waals surface area contributed by atoms with Crippen LogP contribution in [0.5, 0.6) is 0 Å². The van der Waals surface area contributed by atoms with Gasteiger partial charge in [-0.3, -0.25) is 4.79 Å². The van der Waals surface area contributed by atoms with Gasteiger partial charge in [0.2, 0.25) is 0 Å². The molecule has 1 fully saturated rings. The molecule has 0 radical (unpaired) electrons. The van der Waals surface area contributed by atoms with Crippen molar-refractivity contribution >= 4 is 22.9 Å². The zero-order valence-corrected chi connectivity index (χ0v) is 13.2. The highest BCUT2D eigenvalue weighted by Crippen LogP contribution is 2.12. The summed E-state index contributed by atoms with van der Waals surface area (Å²) in [5.41, 5.74) is 1.17. The summed E-state index contributed by atoms with van der Waals surface area (Å²) in [6.45, 7) is 3.24. The van der Waals surface area contributed by atoms with Crippen LogP contribution in [0.4, 0.5) is 4.79 Å². The van der Waals surface area contributed by atoms with Gasteiger partial charge in [-0.2, -0.15) is 0 Å². The molecule has 0 aliphatic carbocycles. The summed E-state index contributed by atoms with van der Waals surface area (Å²) in [5, 5.41) is 3.16. The number of amides is 2. The Balaban J connectivity index is 1.94. The van der Waals surface area contributed by atoms with Gasteiger partial charge in [0.15, 0.2) is 5.12 Å². The molecule has 0 saturated carbocycles. The Morgan fingerprint density at radius 3 is 2.52 bits per heavy atom. The van der Waals surface area contributed by atoms with Crippen LogP contribution in [0.1, 0.15) is 25.3 Å². The Kier molecular flexibility index (Phi) is 6.11. The van der Waals surface area contributed by atoms with Crippen LogP contribution in [0.2, 0.25) is 0 Å². The largest absolute Gasteiger partial charge is 0.334 e. The average molecular weight is 306 g/mol. The molecule has 114 valence electrons. The first-order chi connectivity index (χ1) is 10.1. The number of thioether (sulfide) groups is 1. The van der Waals surface area contributed by atoms with Gasteiger partial charge in [-0.15, -0.1) is 0 Å². The van der Waals surface area contributed by atoms with Crippen molar-refractivity contribution in [1.82, 2.24) is 10.2 Å². The fourth-order valence-corrected chi connectivity index (χ4v) is 3.09. The highest BCUT2D eigenvalue weighted by Gasteiger charge is 2.21. The quantitative estimate of drug-likeness (QED) is 0.910. The number of hydrogen-bond acceptors (Lipinski definition) is 3. The molecule has 1 aromatic rings. The molecule has 1 aliphatic rings. The molecule has 0 spiro atoms. The molecule has 0 bridgehead atoms. The summed E-state index contributed by atoms with van der Waals surface area (Å²) in [6, 6.07) is 10.0. The van der Waals surface area contributed by atoms with Crippen molar-refractivity contribution in [3.05, 3.63) is 35.9 Å². The zero-order valence-electron chi connectivity index (χ0n) is 12.4. The summed E-state index contributed by atoms with van der Waals surface area (Å²) in [5.74, 6) is 0.615. The van der Waals surface area contributed by atoms with Gasteiger partial charge >= 0.3 is 6.03 Å². The molecule has 2 rings (SSSR count). The second kappa shape index (κ2) is 8.08. The predicted octanol–water partition coefficient (Wildman–Crippen LogP) is 2.68. The predicted molar refractivity (Wildman–Crippen MR) is 86.4 cm³/mol. The van der Waals surface area contributed by atoms with E-state index in [1.54, 1.807) is 6.92 Å². The van der Waals surface area contributed by atoms with E-state index in [1.807, 2.05) is 35.2 Å². The molecule has 1 atom stereocenters. The van der Waals surface area contributed by atoms with E-state index in [1.165, 1.54) is 17.3 Å². The van der Waals surface area contributed by atoms with Crippen molar-refractivity contribution in [1.29, 1.82) is 0 Å². The third-order valence-corrected chi connectivity index (χ3v) is 4.51. The van der Waals surface area contributed by atoms with Crippen LogP contribution in [-0.4, -0.2) is 40.9 Å². The third kappa shape index (κ3) is 5.42. The fourth-order valence-electron chi connectivity index (χ4n) is 2.45. The van der Waals surface area contributed by atoms with Gasteiger partial charge in [0.05, 0.1) is 0 Å².